The van der Waals surface area contributed by atoms with Gasteiger partial charge in [-0.15, -0.1) is 0 Å². The van der Waals surface area contributed by atoms with Gasteiger partial charge in [0.15, 0.2) is 0 Å². The fourth-order valence-electron chi connectivity index (χ4n) is 2.23. The first-order valence-corrected chi connectivity index (χ1v) is 8.89. The number of halogens is 3. The summed E-state index contributed by atoms with van der Waals surface area (Å²) >= 11 is 0. The Morgan fingerprint density at radius 2 is 1.54 bits per heavy atom. The van der Waals surface area contributed by atoms with Crippen molar-refractivity contribution in [2.45, 2.75) is 57.1 Å². The summed E-state index contributed by atoms with van der Waals surface area (Å²) in [5.74, 6) is 0. The summed E-state index contributed by atoms with van der Waals surface area (Å²) in [7, 11) is -5.26. The van der Waals surface area contributed by atoms with E-state index >= 15 is 0 Å². The van der Waals surface area contributed by atoms with Gasteiger partial charge in [0.05, 0.1) is 0 Å². The molecule has 0 saturated heterocycles. The zero-order valence-electron chi connectivity index (χ0n) is 13.6. The minimum atomic E-state index is -5.26. The van der Waals surface area contributed by atoms with Gasteiger partial charge in [0, 0.05) is 31.6 Å². The van der Waals surface area contributed by atoms with Crippen molar-refractivity contribution in [3.8, 4) is 0 Å². The molecule has 1 aromatic carbocycles. The van der Waals surface area contributed by atoms with Crippen LogP contribution in [0.25, 0.3) is 0 Å². The Kier molecular flexibility index (Phi) is 9.65. The largest absolute Gasteiger partial charge is 0.511 e. The summed E-state index contributed by atoms with van der Waals surface area (Å²) in [6, 6.07) is 7.02. The zero-order chi connectivity index (χ0) is 17.7. The van der Waals surface area contributed by atoms with Crippen LogP contribution in [0, 0.1) is 13.8 Å². The van der Waals surface area contributed by atoms with Crippen molar-refractivity contribution in [1.82, 2.24) is 4.72 Å². The van der Waals surface area contributed by atoms with Gasteiger partial charge in [-0.2, -0.15) is 13.2 Å². The number of alkyl halides is 3. The first-order valence-electron chi connectivity index (χ1n) is 7.41. The summed E-state index contributed by atoms with van der Waals surface area (Å²) in [6.45, 7) is 4.24. The van der Waals surface area contributed by atoms with E-state index in [2.05, 4.69) is 38.1 Å². The van der Waals surface area contributed by atoms with Gasteiger partial charge in [-0.1, -0.05) is 37.1 Å². The summed E-state index contributed by atoms with van der Waals surface area (Å²) in [5.41, 5.74) is 3.01. The van der Waals surface area contributed by atoms with Gasteiger partial charge in [-0.3, -0.25) is 0 Å². The van der Waals surface area contributed by atoms with E-state index in [1.807, 2.05) is 0 Å². The van der Waals surface area contributed by atoms with Crippen LogP contribution in [0.15, 0.2) is 24.3 Å². The Hall–Kier alpha value is -0.497. The number of hydrogen-bond donors (Lipinski definition) is 2. The van der Waals surface area contributed by atoms with Gasteiger partial charge >= 0.3 is 15.5 Å². The number of benzene rings is 1. The van der Waals surface area contributed by atoms with E-state index in [1.54, 1.807) is 4.72 Å². The minimum absolute atomic E-state index is 0. The van der Waals surface area contributed by atoms with Crippen LogP contribution < -0.4 is 10.5 Å². The van der Waals surface area contributed by atoms with Crippen LogP contribution in [0.2, 0.25) is 0 Å². The fourth-order valence-corrected chi connectivity index (χ4v) is 3.06. The van der Waals surface area contributed by atoms with Gasteiger partial charge < -0.3 is 5.73 Å². The number of aryl methyl sites for hydroxylation is 2. The van der Waals surface area contributed by atoms with E-state index in [-0.39, 0.29) is 19.5 Å². The maximum absolute atomic E-state index is 12.0. The molecule has 0 aliphatic heterocycles. The van der Waals surface area contributed by atoms with Crippen LogP contribution in [0.5, 0.6) is 0 Å². The molecule has 0 heterocycles. The van der Waals surface area contributed by atoms with Crippen LogP contribution in [-0.4, -0.2) is 26.0 Å². The summed E-state index contributed by atoms with van der Waals surface area (Å²) in [6.07, 6.45) is 2.42. The number of nitrogens with one attached hydrogen (secondary N) is 1. The van der Waals surface area contributed by atoms with Gasteiger partial charge in [0.25, 0.3) is 0 Å². The average molecular weight is 453 g/mol. The molecule has 9 heteroatoms. The molecule has 1 aliphatic rings. The smallest absolute Gasteiger partial charge is 0.326 e. The summed E-state index contributed by atoms with van der Waals surface area (Å²) in [5, 5.41) is 0. The standard InChI is InChI=1S/C8H10.C7H13F3N2O2S.Ru/c1-7-5-3-4-6-8(7)2;8-7(9,10)15(13,14)12-6-4-2-1-3-5(6)11;/h3-6H,1-2H3;5-6,12H,1-4,11H2;/t;5-,6-;/m.1./s1. The second-order valence-corrected chi connectivity index (χ2v) is 7.41. The molecule has 0 bridgehead atoms. The third-order valence-corrected chi connectivity index (χ3v) is 5.08. The molecule has 2 atom stereocenters. The van der Waals surface area contributed by atoms with Gasteiger partial charge in [0.1, 0.15) is 0 Å². The van der Waals surface area contributed by atoms with Gasteiger partial charge in [-0.05, 0) is 37.8 Å². The van der Waals surface area contributed by atoms with Crippen LogP contribution >= 0.6 is 0 Å². The van der Waals surface area contributed by atoms with Gasteiger partial charge in [0.2, 0.25) is 0 Å². The molecule has 0 spiro atoms. The third-order valence-electron chi connectivity index (χ3n) is 3.86. The Balaban J connectivity index is 0.000000498. The number of rotatable bonds is 2. The monoisotopic (exact) mass is 454 g/mol. The van der Waals surface area contributed by atoms with E-state index in [9.17, 15) is 21.6 Å². The zero-order valence-corrected chi connectivity index (χ0v) is 16.1. The fraction of sp³-hybridized carbons (Fsp3) is 0.600. The number of nitrogens with two attached hydrogens (primary N) is 1. The topological polar surface area (TPSA) is 72.2 Å². The molecule has 0 amide bonds. The van der Waals surface area contributed by atoms with Crippen molar-refractivity contribution < 1.29 is 41.1 Å². The molecule has 2 rings (SSSR count). The molecule has 1 saturated carbocycles. The molecule has 0 radical (unpaired) electrons. The normalized spacial score (nSPS) is 21.2. The maximum Gasteiger partial charge on any atom is 0.511 e. The molecule has 140 valence electrons. The van der Waals surface area contributed by atoms with Crippen LogP contribution in [0.3, 0.4) is 0 Å². The Bertz CT molecular complexity index is 588. The van der Waals surface area contributed by atoms with Crippen LogP contribution in [-0.2, 0) is 29.5 Å². The third kappa shape index (κ3) is 7.17. The molecule has 0 unspecified atom stereocenters. The van der Waals surface area contributed by atoms with E-state index in [4.69, 9.17) is 5.73 Å². The molecule has 0 aromatic heterocycles. The molecular weight excluding hydrogens is 430 g/mol. The molecular formula is C15H23F3N2O2RuS. The quantitative estimate of drug-likeness (QED) is 0.677. The van der Waals surface area contributed by atoms with E-state index in [0.29, 0.717) is 19.3 Å². The summed E-state index contributed by atoms with van der Waals surface area (Å²) in [4.78, 5) is 0. The number of hydrogen-bond acceptors (Lipinski definition) is 3. The van der Waals surface area contributed by atoms with Crippen LogP contribution in [0.4, 0.5) is 13.2 Å². The van der Waals surface area contributed by atoms with E-state index < -0.39 is 27.6 Å². The van der Waals surface area contributed by atoms with Crippen molar-refractivity contribution in [3.05, 3.63) is 35.4 Å². The van der Waals surface area contributed by atoms with Crippen molar-refractivity contribution in [2.75, 3.05) is 0 Å². The Labute approximate surface area is 154 Å². The van der Waals surface area contributed by atoms with E-state index in [1.165, 1.54) is 11.1 Å². The molecule has 3 N–H and O–H groups in total. The summed E-state index contributed by atoms with van der Waals surface area (Å²) < 4.78 is 59.2. The minimum Gasteiger partial charge on any atom is -0.326 e. The van der Waals surface area contributed by atoms with Crippen molar-refractivity contribution in [1.29, 1.82) is 0 Å². The van der Waals surface area contributed by atoms with E-state index in [0.717, 1.165) is 6.42 Å². The van der Waals surface area contributed by atoms with Crippen molar-refractivity contribution in [3.63, 3.8) is 0 Å². The first-order chi connectivity index (χ1) is 10.5. The first kappa shape index (κ1) is 23.5. The molecule has 1 fully saturated rings. The molecule has 1 aromatic rings. The van der Waals surface area contributed by atoms with Crippen molar-refractivity contribution in [2.24, 2.45) is 5.73 Å². The Morgan fingerprint density at radius 1 is 1.08 bits per heavy atom. The second kappa shape index (κ2) is 9.85. The second-order valence-electron chi connectivity index (χ2n) is 5.71. The molecule has 4 nitrogen and oxygen atoms in total. The maximum atomic E-state index is 12.0. The number of sulfonamides is 1. The predicted octanol–water partition coefficient (Wildman–Crippen LogP) is 3.00. The van der Waals surface area contributed by atoms with Crippen LogP contribution in [0.1, 0.15) is 36.8 Å². The van der Waals surface area contributed by atoms with Gasteiger partial charge in [-0.25, -0.2) is 13.1 Å². The molecule has 1 aliphatic carbocycles. The van der Waals surface area contributed by atoms with Crippen molar-refractivity contribution >= 4 is 10.0 Å². The Morgan fingerprint density at radius 3 is 1.92 bits per heavy atom. The molecule has 24 heavy (non-hydrogen) atoms. The average Bonchev–Trinajstić information content (AvgIpc) is 2.44. The predicted molar refractivity (Wildman–Crippen MR) is 84.3 cm³/mol. The SMILES string of the molecule is Cc1ccccc1C.N[C@@H]1CCCC[C@H]1NS(=O)(=O)C(F)(F)F.[Ru].